The quantitative estimate of drug-likeness (QED) is 0.785. The molecule has 1 N–H and O–H groups in total. The summed E-state index contributed by atoms with van der Waals surface area (Å²) in [7, 11) is 0. The van der Waals surface area contributed by atoms with E-state index in [0.29, 0.717) is 17.5 Å². The van der Waals surface area contributed by atoms with Crippen molar-refractivity contribution in [3.05, 3.63) is 70.8 Å². The zero-order valence-corrected chi connectivity index (χ0v) is 16.9. The molecule has 0 saturated heterocycles. The number of fused-ring (bicyclic) bond motifs is 2. The first-order valence-corrected chi connectivity index (χ1v) is 10.2. The predicted octanol–water partition coefficient (Wildman–Crippen LogP) is 3.99. The van der Waals surface area contributed by atoms with Gasteiger partial charge in [-0.1, -0.05) is 50.2 Å². The molecule has 150 valence electrons. The smallest absolute Gasteiger partial charge is 0.261 e. The van der Waals surface area contributed by atoms with E-state index in [2.05, 4.69) is 31.3 Å². The van der Waals surface area contributed by atoms with Crippen molar-refractivity contribution in [1.82, 2.24) is 10.2 Å². The standard InChI is InChI=1S/C24H26N2O3/c1-24(2)14-13-20(18-10-5-6-11-19(18)24)25-21(27)12-7-15-26-22(28)16-8-3-4-9-17(16)23(26)29/h3-6,8-11,20H,7,12-15H2,1-2H3,(H,25,27). The maximum absolute atomic E-state index is 12.5. The van der Waals surface area contributed by atoms with E-state index in [1.165, 1.54) is 16.0 Å². The van der Waals surface area contributed by atoms with E-state index in [1.807, 2.05) is 12.1 Å². The second-order valence-corrected chi connectivity index (χ2v) is 8.54. The van der Waals surface area contributed by atoms with Crippen molar-refractivity contribution in [2.75, 3.05) is 6.54 Å². The highest BCUT2D eigenvalue weighted by Crippen LogP contribution is 2.41. The van der Waals surface area contributed by atoms with E-state index in [0.717, 1.165) is 12.8 Å². The van der Waals surface area contributed by atoms with Crippen LogP contribution in [-0.2, 0) is 10.2 Å². The van der Waals surface area contributed by atoms with Crippen LogP contribution >= 0.6 is 0 Å². The van der Waals surface area contributed by atoms with Gasteiger partial charge < -0.3 is 5.32 Å². The minimum absolute atomic E-state index is 0.0195. The summed E-state index contributed by atoms with van der Waals surface area (Å²) >= 11 is 0. The third kappa shape index (κ3) is 3.57. The summed E-state index contributed by atoms with van der Waals surface area (Å²) in [6, 6.07) is 15.2. The number of carbonyl (C=O) groups is 3. The van der Waals surface area contributed by atoms with Crippen molar-refractivity contribution in [2.45, 2.75) is 51.0 Å². The van der Waals surface area contributed by atoms with Crippen molar-refractivity contribution in [3.63, 3.8) is 0 Å². The molecule has 3 amide bonds. The lowest BCUT2D eigenvalue weighted by Gasteiger charge is -2.37. The molecule has 0 radical (unpaired) electrons. The van der Waals surface area contributed by atoms with Crippen molar-refractivity contribution in [1.29, 1.82) is 0 Å². The first-order valence-electron chi connectivity index (χ1n) is 10.2. The molecule has 1 aliphatic carbocycles. The molecule has 5 nitrogen and oxygen atoms in total. The third-order valence-corrected chi connectivity index (χ3v) is 6.12. The van der Waals surface area contributed by atoms with E-state index in [1.54, 1.807) is 24.3 Å². The molecule has 1 unspecified atom stereocenters. The third-order valence-electron chi connectivity index (χ3n) is 6.12. The number of hydrogen-bond acceptors (Lipinski definition) is 3. The molecule has 2 aromatic rings. The fourth-order valence-corrected chi connectivity index (χ4v) is 4.47. The lowest BCUT2D eigenvalue weighted by atomic mass is 9.71. The second-order valence-electron chi connectivity index (χ2n) is 8.54. The van der Waals surface area contributed by atoms with Crippen LogP contribution in [0.25, 0.3) is 0 Å². The van der Waals surface area contributed by atoms with Gasteiger partial charge >= 0.3 is 0 Å². The molecule has 0 saturated carbocycles. The highest BCUT2D eigenvalue weighted by atomic mass is 16.2. The van der Waals surface area contributed by atoms with Gasteiger partial charge in [0.1, 0.15) is 0 Å². The monoisotopic (exact) mass is 390 g/mol. The Morgan fingerprint density at radius 1 is 1.03 bits per heavy atom. The van der Waals surface area contributed by atoms with Gasteiger partial charge in [-0.15, -0.1) is 0 Å². The molecule has 2 aliphatic rings. The van der Waals surface area contributed by atoms with Crippen LogP contribution in [0.5, 0.6) is 0 Å². The Morgan fingerprint density at radius 3 is 2.34 bits per heavy atom. The fourth-order valence-electron chi connectivity index (χ4n) is 4.47. The number of benzene rings is 2. The molecule has 0 spiro atoms. The molecular weight excluding hydrogens is 364 g/mol. The molecule has 4 rings (SSSR count). The molecule has 0 bridgehead atoms. The molecule has 29 heavy (non-hydrogen) atoms. The van der Waals surface area contributed by atoms with Crippen LogP contribution in [0, 0.1) is 0 Å². The van der Waals surface area contributed by atoms with Gasteiger partial charge in [0.2, 0.25) is 5.91 Å². The molecule has 5 heteroatoms. The van der Waals surface area contributed by atoms with Crippen molar-refractivity contribution in [3.8, 4) is 0 Å². The second kappa shape index (κ2) is 7.47. The largest absolute Gasteiger partial charge is 0.349 e. The summed E-state index contributed by atoms with van der Waals surface area (Å²) in [6.45, 7) is 4.74. The summed E-state index contributed by atoms with van der Waals surface area (Å²) in [5.74, 6) is -0.579. The van der Waals surface area contributed by atoms with Crippen molar-refractivity contribution < 1.29 is 14.4 Å². The van der Waals surface area contributed by atoms with Crippen LogP contribution in [0.15, 0.2) is 48.5 Å². The van der Waals surface area contributed by atoms with E-state index < -0.39 is 0 Å². The first-order chi connectivity index (χ1) is 13.9. The van der Waals surface area contributed by atoms with Crippen LogP contribution in [0.1, 0.15) is 77.4 Å². The normalized spacial score (nSPS) is 19.7. The maximum Gasteiger partial charge on any atom is 0.261 e. The minimum atomic E-state index is -0.269. The van der Waals surface area contributed by atoms with E-state index in [-0.39, 0.29) is 42.1 Å². The average molecular weight is 390 g/mol. The molecule has 1 aliphatic heterocycles. The van der Waals surface area contributed by atoms with Gasteiger partial charge in [0.25, 0.3) is 11.8 Å². The Bertz CT molecular complexity index is 945. The highest BCUT2D eigenvalue weighted by Gasteiger charge is 2.35. The van der Waals surface area contributed by atoms with E-state index in [9.17, 15) is 14.4 Å². The Balaban J connectivity index is 1.34. The van der Waals surface area contributed by atoms with Gasteiger partial charge in [-0.3, -0.25) is 19.3 Å². The first kappa shape index (κ1) is 19.4. The van der Waals surface area contributed by atoms with Gasteiger partial charge in [0, 0.05) is 13.0 Å². The number of nitrogens with zero attached hydrogens (tertiary/aromatic N) is 1. The summed E-state index contributed by atoms with van der Waals surface area (Å²) in [6.07, 6.45) is 2.67. The minimum Gasteiger partial charge on any atom is -0.349 e. The van der Waals surface area contributed by atoms with Gasteiger partial charge in [-0.2, -0.15) is 0 Å². The fraction of sp³-hybridized carbons (Fsp3) is 0.375. The van der Waals surface area contributed by atoms with Crippen LogP contribution in [0.4, 0.5) is 0 Å². The summed E-state index contributed by atoms with van der Waals surface area (Å²) in [5.41, 5.74) is 3.50. The number of amides is 3. The van der Waals surface area contributed by atoms with Gasteiger partial charge in [-0.25, -0.2) is 0 Å². The van der Waals surface area contributed by atoms with E-state index in [4.69, 9.17) is 0 Å². The molecular formula is C24H26N2O3. The summed E-state index contributed by atoms with van der Waals surface area (Å²) in [5, 5.41) is 3.15. The highest BCUT2D eigenvalue weighted by molar-refractivity contribution is 6.21. The number of nitrogens with one attached hydrogen (secondary N) is 1. The summed E-state index contributed by atoms with van der Waals surface area (Å²) in [4.78, 5) is 38.6. The van der Waals surface area contributed by atoms with E-state index >= 15 is 0 Å². The van der Waals surface area contributed by atoms with Crippen LogP contribution in [0.2, 0.25) is 0 Å². The summed E-state index contributed by atoms with van der Waals surface area (Å²) < 4.78 is 0. The molecule has 0 fully saturated rings. The molecule has 1 heterocycles. The Hall–Kier alpha value is -2.95. The molecule has 1 atom stereocenters. The lowest BCUT2D eigenvalue weighted by Crippen LogP contribution is -2.36. The SMILES string of the molecule is CC1(C)CCC(NC(=O)CCCN2C(=O)c3ccccc3C2=O)c2ccccc21. The molecule has 2 aromatic carbocycles. The van der Waals surface area contributed by atoms with Gasteiger partial charge in [0.05, 0.1) is 17.2 Å². The van der Waals surface area contributed by atoms with Crippen LogP contribution in [0.3, 0.4) is 0 Å². The number of hydrogen-bond donors (Lipinski definition) is 1. The van der Waals surface area contributed by atoms with Gasteiger partial charge in [0.15, 0.2) is 0 Å². The van der Waals surface area contributed by atoms with Crippen molar-refractivity contribution >= 4 is 17.7 Å². The Kier molecular flexibility index (Phi) is 4.99. The number of carbonyl (C=O) groups excluding carboxylic acids is 3. The van der Waals surface area contributed by atoms with Crippen LogP contribution in [-0.4, -0.2) is 29.2 Å². The lowest BCUT2D eigenvalue weighted by molar-refractivity contribution is -0.122. The Morgan fingerprint density at radius 2 is 1.66 bits per heavy atom. The number of rotatable bonds is 5. The predicted molar refractivity (Wildman–Crippen MR) is 111 cm³/mol. The molecule has 0 aromatic heterocycles. The zero-order valence-electron chi connectivity index (χ0n) is 16.9. The maximum atomic E-state index is 12.5. The van der Waals surface area contributed by atoms with Crippen LogP contribution < -0.4 is 5.32 Å². The topological polar surface area (TPSA) is 66.5 Å². The zero-order chi connectivity index (χ0) is 20.6. The number of imide groups is 1. The Labute approximate surface area is 171 Å². The van der Waals surface area contributed by atoms with Gasteiger partial charge in [-0.05, 0) is 47.9 Å². The van der Waals surface area contributed by atoms with Crippen molar-refractivity contribution in [2.24, 2.45) is 0 Å². The average Bonchev–Trinajstić information content (AvgIpc) is 2.96.